The smallest absolute Gasteiger partial charge is 0.204 e. The van der Waals surface area contributed by atoms with Gasteiger partial charge < -0.3 is 0 Å². The highest BCUT2D eigenvalue weighted by Gasteiger charge is 2.06. The number of aromatic nitrogens is 1. The molecular formula is C20H14ClN5S. The Balaban J connectivity index is 1.66. The summed E-state index contributed by atoms with van der Waals surface area (Å²) >= 11 is 7.64. The van der Waals surface area contributed by atoms with Gasteiger partial charge in [-0.15, -0.1) is 10.2 Å². The molecule has 132 valence electrons. The molecule has 0 radical (unpaired) electrons. The summed E-state index contributed by atoms with van der Waals surface area (Å²) in [7, 11) is 0. The molecule has 0 fully saturated rings. The average molecular weight is 392 g/mol. The number of benzene rings is 3. The zero-order chi connectivity index (χ0) is 18.5. The highest BCUT2D eigenvalue weighted by atomic mass is 35.5. The fourth-order valence-electron chi connectivity index (χ4n) is 2.39. The Kier molecular flexibility index (Phi) is 5.18. The van der Waals surface area contributed by atoms with E-state index in [0.29, 0.717) is 16.0 Å². The van der Waals surface area contributed by atoms with Crippen molar-refractivity contribution in [3.05, 3.63) is 89.4 Å². The Morgan fingerprint density at radius 2 is 1.74 bits per heavy atom. The number of rotatable bonds is 4. The van der Waals surface area contributed by atoms with Crippen molar-refractivity contribution in [1.82, 2.24) is 4.98 Å². The van der Waals surface area contributed by atoms with Crippen molar-refractivity contribution >= 4 is 49.8 Å². The summed E-state index contributed by atoms with van der Waals surface area (Å²) in [5, 5.41) is 14.3. The first-order valence-corrected chi connectivity index (χ1v) is 9.39. The Bertz CT molecular complexity index is 1090. The van der Waals surface area contributed by atoms with Crippen molar-refractivity contribution in [3.63, 3.8) is 0 Å². The topological polar surface area (TPSA) is 62.0 Å². The van der Waals surface area contributed by atoms with Crippen LogP contribution in [0.2, 0.25) is 5.02 Å². The van der Waals surface area contributed by atoms with E-state index in [1.54, 1.807) is 12.1 Å². The second kappa shape index (κ2) is 8.07. The third kappa shape index (κ3) is 4.36. The van der Waals surface area contributed by atoms with Gasteiger partial charge in [-0.3, -0.25) is 5.43 Å². The van der Waals surface area contributed by atoms with E-state index in [1.165, 1.54) is 11.3 Å². The summed E-state index contributed by atoms with van der Waals surface area (Å²) in [6, 6.07) is 24.8. The van der Waals surface area contributed by atoms with E-state index in [1.807, 2.05) is 66.7 Å². The monoisotopic (exact) mass is 391 g/mol. The van der Waals surface area contributed by atoms with Gasteiger partial charge >= 0.3 is 0 Å². The summed E-state index contributed by atoms with van der Waals surface area (Å²) in [4.78, 5) is 4.52. The SMILES string of the molecule is Clc1cccc(C(N=Nc2ccccc2)=NNc2nc3ccccc3s2)c1. The maximum atomic E-state index is 6.12. The van der Waals surface area contributed by atoms with Gasteiger partial charge in [-0.25, -0.2) is 4.98 Å². The van der Waals surface area contributed by atoms with Crippen molar-refractivity contribution in [2.75, 3.05) is 5.43 Å². The molecule has 27 heavy (non-hydrogen) atoms. The number of hydrogen-bond donors (Lipinski definition) is 1. The van der Waals surface area contributed by atoms with Crippen molar-refractivity contribution in [2.24, 2.45) is 15.3 Å². The highest BCUT2D eigenvalue weighted by Crippen LogP contribution is 2.25. The van der Waals surface area contributed by atoms with Crippen LogP contribution in [0.5, 0.6) is 0 Å². The van der Waals surface area contributed by atoms with Gasteiger partial charge in [-0.2, -0.15) is 5.10 Å². The van der Waals surface area contributed by atoms with Gasteiger partial charge in [0.2, 0.25) is 11.0 Å². The number of hydrogen-bond acceptors (Lipinski definition) is 5. The van der Waals surface area contributed by atoms with Crippen LogP contribution in [0.15, 0.2) is 94.2 Å². The molecule has 0 aliphatic rings. The van der Waals surface area contributed by atoms with E-state index >= 15 is 0 Å². The molecule has 4 rings (SSSR count). The highest BCUT2D eigenvalue weighted by molar-refractivity contribution is 7.22. The third-order valence-electron chi connectivity index (χ3n) is 3.65. The summed E-state index contributed by atoms with van der Waals surface area (Å²) in [6.45, 7) is 0. The molecule has 3 aromatic carbocycles. The van der Waals surface area contributed by atoms with Gasteiger partial charge in [0.15, 0.2) is 0 Å². The van der Waals surface area contributed by atoms with Gasteiger partial charge in [0.05, 0.1) is 15.9 Å². The number of nitrogens with zero attached hydrogens (tertiary/aromatic N) is 4. The molecule has 4 aromatic rings. The van der Waals surface area contributed by atoms with Crippen LogP contribution in [0.3, 0.4) is 0 Å². The van der Waals surface area contributed by atoms with Crippen molar-refractivity contribution < 1.29 is 0 Å². The maximum Gasteiger partial charge on any atom is 0.204 e. The van der Waals surface area contributed by atoms with E-state index < -0.39 is 0 Å². The number of azo groups is 1. The minimum absolute atomic E-state index is 0.417. The summed E-state index contributed by atoms with van der Waals surface area (Å²) < 4.78 is 1.09. The maximum absolute atomic E-state index is 6.12. The molecule has 1 N–H and O–H groups in total. The quantitative estimate of drug-likeness (QED) is 0.186. The molecular weight excluding hydrogens is 378 g/mol. The minimum atomic E-state index is 0.417. The Morgan fingerprint density at radius 1 is 0.926 bits per heavy atom. The van der Waals surface area contributed by atoms with Gasteiger partial charge in [0.1, 0.15) is 0 Å². The number of fused-ring (bicyclic) bond motifs is 1. The van der Waals surface area contributed by atoms with E-state index in [4.69, 9.17) is 11.6 Å². The lowest BCUT2D eigenvalue weighted by molar-refractivity contribution is 1.22. The average Bonchev–Trinajstić information content (AvgIpc) is 3.12. The molecule has 0 unspecified atom stereocenters. The first kappa shape index (κ1) is 17.3. The van der Waals surface area contributed by atoms with Crippen molar-refractivity contribution in [3.8, 4) is 0 Å². The second-order valence-corrected chi connectivity index (χ2v) is 7.05. The minimum Gasteiger partial charge on any atom is -0.250 e. The molecule has 0 saturated heterocycles. The fraction of sp³-hybridized carbons (Fsp3) is 0. The number of hydrazone groups is 1. The number of para-hydroxylation sites is 1. The molecule has 1 heterocycles. The summed E-state index contributed by atoms with van der Waals surface area (Å²) in [6.07, 6.45) is 0. The van der Waals surface area contributed by atoms with Crippen LogP contribution in [0.4, 0.5) is 10.8 Å². The van der Waals surface area contributed by atoms with Gasteiger partial charge in [-0.1, -0.05) is 65.4 Å². The van der Waals surface area contributed by atoms with Crippen molar-refractivity contribution in [1.29, 1.82) is 0 Å². The lowest BCUT2D eigenvalue weighted by Gasteiger charge is -2.02. The van der Waals surface area contributed by atoms with Crippen LogP contribution < -0.4 is 5.43 Å². The van der Waals surface area contributed by atoms with Gasteiger partial charge in [-0.05, 0) is 36.4 Å². The molecule has 0 saturated carbocycles. The third-order valence-corrected chi connectivity index (χ3v) is 4.83. The molecule has 7 heteroatoms. The predicted molar refractivity (Wildman–Crippen MR) is 112 cm³/mol. The molecule has 0 atom stereocenters. The molecule has 0 aliphatic carbocycles. The van der Waals surface area contributed by atoms with Crippen LogP contribution in [-0.4, -0.2) is 10.8 Å². The largest absolute Gasteiger partial charge is 0.250 e. The van der Waals surface area contributed by atoms with Gasteiger partial charge in [0.25, 0.3) is 0 Å². The molecule has 5 nitrogen and oxygen atoms in total. The Labute approximate surface area is 165 Å². The predicted octanol–water partition coefficient (Wildman–Crippen LogP) is 6.51. The number of amidine groups is 1. The lowest BCUT2D eigenvalue weighted by Crippen LogP contribution is -2.01. The van der Waals surface area contributed by atoms with Crippen LogP contribution in [0, 0.1) is 0 Å². The molecule has 0 bridgehead atoms. The first-order chi connectivity index (χ1) is 13.3. The standard InChI is InChI=1S/C20H14ClN5S/c21-15-8-6-7-14(13-15)19(24-23-16-9-2-1-3-10-16)25-26-20-22-17-11-4-5-12-18(17)27-20/h1-13H,(H,22,26). The van der Waals surface area contributed by atoms with Crippen molar-refractivity contribution in [2.45, 2.75) is 0 Å². The molecule has 0 amide bonds. The first-order valence-electron chi connectivity index (χ1n) is 8.20. The number of nitrogens with one attached hydrogen (secondary N) is 1. The fourth-order valence-corrected chi connectivity index (χ4v) is 3.39. The van der Waals surface area contributed by atoms with Crippen LogP contribution in [-0.2, 0) is 0 Å². The summed E-state index contributed by atoms with van der Waals surface area (Å²) in [5.74, 6) is 0.417. The molecule has 0 spiro atoms. The number of anilines is 1. The van der Waals surface area contributed by atoms with Crippen LogP contribution in [0.25, 0.3) is 10.2 Å². The number of thiazole rings is 1. The van der Waals surface area contributed by atoms with E-state index in [9.17, 15) is 0 Å². The molecule has 0 aliphatic heterocycles. The lowest BCUT2D eigenvalue weighted by atomic mass is 10.2. The van der Waals surface area contributed by atoms with E-state index in [2.05, 4.69) is 25.7 Å². The zero-order valence-corrected chi connectivity index (χ0v) is 15.7. The summed E-state index contributed by atoms with van der Waals surface area (Å²) in [5.41, 5.74) is 5.42. The Morgan fingerprint density at radius 3 is 2.56 bits per heavy atom. The zero-order valence-electron chi connectivity index (χ0n) is 14.1. The van der Waals surface area contributed by atoms with Crippen LogP contribution >= 0.6 is 22.9 Å². The van der Waals surface area contributed by atoms with Gasteiger partial charge in [0, 0.05) is 10.6 Å². The van der Waals surface area contributed by atoms with E-state index in [-0.39, 0.29) is 0 Å². The van der Waals surface area contributed by atoms with E-state index in [0.717, 1.165) is 21.5 Å². The molecule has 1 aromatic heterocycles. The number of halogens is 1. The second-order valence-electron chi connectivity index (χ2n) is 5.58. The Hall–Kier alpha value is -3.09. The normalized spacial score (nSPS) is 12.0. The van der Waals surface area contributed by atoms with Crippen LogP contribution in [0.1, 0.15) is 5.56 Å².